The summed E-state index contributed by atoms with van der Waals surface area (Å²) in [4.78, 5) is 19.7. The Kier molecular flexibility index (Phi) is 4.60. The molecule has 1 amide bonds. The lowest BCUT2D eigenvalue weighted by atomic mass is 10.1. The molecule has 0 radical (unpaired) electrons. The van der Waals surface area contributed by atoms with E-state index < -0.39 is 0 Å². The number of rotatable bonds is 6. The van der Waals surface area contributed by atoms with Crippen LogP contribution in [0.5, 0.6) is 0 Å². The molecule has 0 aliphatic heterocycles. The molecule has 2 heterocycles. The van der Waals surface area contributed by atoms with E-state index in [4.69, 9.17) is 0 Å². The normalized spacial score (nSPS) is 10.4. The second-order valence-electron chi connectivity index (χ2n) is 4.26. The van der Waals surface area contributed by atoms with E-state index in [1.807, 2.05) is 19.2 Å². The maximum Gasteiger partial charge on any atom is 0.220 e. The Bertz CT molecular complexity index is 523. The molecule has 2 aromatic rings. The van der Waals surface area contributed by atoms with Gasteiger partial charge < -0.3 is 5.32 Å². The first kappa shape index (κ1) is 13.2. The highest BCUT2D eigenvalue weighted by Gasteiger charge is 2.04. The van der Waals surface area contributed by atoms with Crippen molar-refractivity contribution < 1.29 is 4.79 Å². The summed E-state index contributed by atoms with van der Waals surface area (Å²) in [6.45, 7) is 0.585. The summed E-state index contributed by atoms with van der Waals surface area (Å²) in [6.07, 6.45) is 6.90. The van der Waals surface area contributed by atoms with Crippen LogP contribution in [0.25, 0.3) is 0 Å². The standard InChI is InChI=1S/C13H17N5O/c1-18-12(16-10-17-18)6-9-15-13(19)3-2-11-4-7-14-8-5-11/h4-5,7-8,10H,2-3,6,9H2,1H3,(H,15,19). The fourth-order valence-electron chi connectivity index (χ4n) is 1.76. The number of carbonyl (C=O) groups excluding carboxylic acids is 1. The van der Waals surface area contributed by atoms with Crippen molar-refractivity contribution in [2.45, 2.75) is 19.3 Å². The predicted octanol–water partition coefficient (Wildman–Crippen LogP) is 0.502. The third-order valence-corrected chi connectivity index (χ3v) is 2.87. The molecule has 2 aromatic heterocycles. The SMILES string of the molecule is Cn1ncnc1CCNC(=O)CCc1ccncc1. The molecule has 0 unspecified atom stereocenters. The molecule has 1 N–H and O–H groups in total. The molecule has 100 valence electrons. The number of carbonyl (C=O) groups is 1. The van der Waals surface area contributed by atoms with E-state index in [9.17, 15) is 4.79 Å². The van der Waals surface area contributed by atoms with Gasteiger partial charge in [-0.15, -0.1) is 0 Å². The highest BCUT2D eigenvalue weighted by atomic mass is 16.1. The van der Waals surface area contributed by atoms with Crippen LogP contribution in [-0.2, 0) is 24.7 Å². The zero-order valence-electron chi connectivity index (χ0n) is 10.9. The minimum atomic E-state index is 0.0546. The minimum Gasteiger partial charge on any atom is -0.356 e. The lowest BCUT2D eigenvalue weighted by Gasteiger charge is -2.05. The van der Waals surface area contributed by atoms with Gasteiger partial charge in [0.15, 0.2) is 0 Å². The highest BCUT2D eigenvalue weighted by molar-refractivity contribution is 5.76. The highest BCUT2D eigenvalue weighted by Crippen LogP contribution is 2.00. The van der Waals surface area contributed by atoms with Crippen LogP contribution in [0.15, 0.2) is 30.9 Å². The van der Waals surface area contributed by atoms with Crippen LogP contribution in [-0.4, -0.2) is 32.2 Å². The molecular weight excluding hydrogens is 242 g/mol. The van der Waals surface area contributed by atoms with Gasteiger partial charge in [0.05, 0.1) is 0 Å². The number of hydrogen-bond donors (Lipinski definition) is 1. The molecule has 6 heteroatoms. The maximum absolute atomic E-state index is 11.7. The summed E-state index contributed by atoms with van der Waals surface area (Å²) < 4.78 is 1.71. The molecule has 2 rings (SSSR count). The van der Waals surface area contributed by atoms with E-state index in [0.717, 1.165) is 17.8 Å². The van der Waals surface area contributed by atoms with Gasteiger partial charge in [0.25, 0.3) is 0 Å². The quantitative estimate of drug-likeness (QED) is 0.820. The minimum absolute atomic E-state index is 0.0546. The molecular formula is C13H17N5O. The average Bonchev–Trinajstić information content (AvgIpc) is 2.83. The van der Waals surface area contributed by atoms with Crippen molar-refractivity contribution in [3.63, 3.8) is 0 Å². The van der Waals surface area contributed by atoms with Crippen LogP contribution >= 0.6 is 0 Å². The largest absolute Gasteiger partial charge is 0.356 e. The third-order valence-electron chi connectivity index (χ3n) is 2.87. The number of aromatic nitrogens is 4. The lowest BCUT2D eigenvalue weighted by Crippen LogP contribution is -2.26. The van der Waals surface area contributed by atoms with Gasteiger partial charge in [-0.05, 0) is 24.1 Å². The van der Waals surface area contributed by atoms with Crippen LogP contribution in [0.4, 0.5) is 0 Å². The van der Waals surface area contributed by atoms with Crippen LogP contribution < -0.4 is 5.32 Å². The summed E-state index contributed by atoms with van der Waals surface area (Å²) in [7, 11) is 1.84. The van der Waals surface area contributed by atoms with Crippen LogP contribution in [0.2, 0.25) is 0 Å². The molecule has 0 spiro atoms. The Morgan fingerprint density at radius 1 is 1.32 bits per heavy atom. The van der Waals surface area contributed by atoms with Gasteiger partial charge in [-0.3, -0.25) is 14.5 Å². The Balaban J connectivity index is 1.66. The zero-order chi connectivity index (χ0) is 13.5. The fourth-order valence-corrected chi connectivity index (χ4v) is 1.76. The number of aryl methyl sites for hydroxylation is 2. The van der Waals surface area contributed by atoms with Gasteiger partial charge in [-0.2, -0.15) is 5.10 Å². The van der Waals surface area contributed by atoms with Gasteiger partial charge in [0.2, 0.25) is 5.91 Å². The smallest absolute Gasteiger partial charge is 0.220 e. The van der Waals surface area contributed by atoms with Gasteiger partial charge >= 0.3 is 0 Å². The number of nitrogens with zero attached hydrogens (tertiary/aromatic N) is 4. The summed E-state index contributed by atoms with van der Waals surface area (Å²) in [5.74, 6) is 0.924. The van der Waals surface area contributed by atoms with E-state index in [1.165, 1.54) is 6.33 Å². The van der Waals surface area contributed by atoms with Gasteiger partial charge in [0.1, 0.15) is 12.2 Å². The molecule has 0 aromatic carbocycles. The first-order valence-electron chi connectivity index (χ1n) is 6.24. The van der Waals surface area contributed by atoms with Gasteiger partial charge in [-0.1, -0.05) is 0 Å². The molecule has 6 nitrogen and oxygen atoms in total. The Morgan fingerprint density at radius 3 is 2.79 bits per heavy atom. The van der Waals surface area contributed by atoms with E-state index in [2.05, 4.69) is 20.4 Å². The number of pyridine rings is 1. The van der Waals surface area contributed by atoms with Gasteiger partial charge in [-0.25, -0.2) is 4.98 Å². The molecule has 0 atom stereocenters. The van der Waals surface area contributed by atoms with Crippen molar-refractivity contribution in [3.8, 4) is 0 Å². The van der Waals surface area contributed by atoms with Crippen molar-refractivity contribution in [3.05, 3.63) is 42.2 Å². The van der Waals surface area contributed by atoms with Crippen molar-refractivity contribution >= 4 is 5.91 Å². The molecule has 0 saturated heterocycles. The molecule has 0 bridgehead atoms. The van der Waals surface area contributed by atoms with Crippen molar-refractivity contribution in [1.82, 2.24) is 25.1 Å². The second-order valence-corrected chi connectivity index (χ2v) is 4.26. The number of nitrogens with one attached hydrogen (secondary N) is 1. The molecule has 0 saturated carbocycles. The summed E-state index contributed by atoms with van der Waals surface area (Å²) >= 11 is 0. The monoisotopic (exact) mass is 259 g/mol. The number of amides is 1. The third kappa shape index (κ3) is 4.17. The summed E-state index contributed by atoms with van der Waals surface area (Å²) in [5, 5.41) is 6.86. The first-order valence-corrected chi connectivity index (χ1v) is 6.24. The van der Waals surface area contributed by atoms with Crippen LogP contribution in [0, 0.1) is 0 Å². The average molecular weight is 259 g/mol. The topological polar surface area (TPSA) is 72.7 Å². The van der Waals surface area contributed by atoms with Crippen molar-refractivity contribution in [1.29, 1.82) is 0 Å². The molecule has 0 fully saturated rings. The fraction of sp³-hybridized carbons (Fsp3) is 0.385. The van der Waals surface area contributed by atoms with Crippen molar-refractivity contribution in [2.75, 3.05) is 6.54 Å². The maximum atomic E-state index is 11.7. The number of hydrogen-bond acceptors (Lipinski definition) is 4. The first-order chi connectivity index (χ1) is 9.25. The predicted molar refractivity (Wildman–Crippen MR) is 70.3 cm³/mol. The van der Waals surface area contributed by atoms with E-state index in [0.29, 0.717) is 19.4 Å². The van der Waals surface area contributed by atoms with E-state index in [1.54, 1.807) is 17.1 Å². The Labute approximate surface area is 111 Å². The molecule has 19 heavy (non-hydrogen) atoms. The second kappa shape index (κ2) is 6.63. The van der Waals surface area contributed by atoms with Gasteiger partial charge in [0, 0.05) is 38.8 Å². The van der Waals surface area contributed by atoms with Crippen LogP contribution in [0.1, 0.15) is 17.8 Å². The van der Waals surface area contributed by atoms with E-state index in [-0.39, 0.29) is 5.91 Å². The lowest BCUT2D eigenvalue weighted by molar-refractivity contribution is -0.121. The molecule has 0 aliphatic rings. The Morgan fingerprint density at radius 2 is 2.11 bits per heavy atom. The van der Waals surface area contributed by atoms with Crippen LogP contribution in [0.3, 0.4) is 0 Å². The summed E-state index contributed by atoms with van der Waals surface area (Å²) in [5.41, 5.74) is 1.12. The summed E-state index contributed by atoms with van der Waals surface area (Å²) in [6, 6.07) is 3.85. The van der Waals surface area contributed by atoms with E-state index >= 15 is 0 Å². The Hall–Kier alpha value is -2.24. The van der Waals surface area contributed by atoms with Crippen molar-refractivity contribution in [2.24, 2.45) is 7.05 Å². The molecule has 0 aliphatic carbocycles. The zero-order valence-corrected chi connectivity index (χ0v) is 10.9.